The number of aryl methyl sites for hydroxylation is 2. The standard InChI is InChI=1S/C45H70N7O19P3/c1-43(2,19-9-5-7-11-30-13-15-31(16-14-30)12-8-6-10-20-45(21-22-45)66-29-53)33(54)17-23-47-34(55)18-24-48-41(58)38(57)44(3,4)26-68-74(64,65)71-73(62,63)67-25-32-37(70-72(59,60)61)36(56)42(69-32)52-28-51-35-39(46)49-27-50-40(35)52/h13-16,27-29,32,36-38,42,56-57H,5-12,17-26H2,1-4H3,(H,47,55)(H,48,58)(H,62,63)(H,64,65)(H2,46,49,50)(H2,59,60,61). The van der Waals surface area contributed by atoms with Crippen LogP contribution in [0.15, 0.2) is 36.9 Å². The van der Waals surface area contributed by atoms with Crippen LogP contribution >= 0.6 is 23.5 Å². The van der Waals surface area contributed by atoms with Gasteiger partial charge in [0.15, 0.2) is 17.7 Å². The number of nitrogens with one attached hydrogen (secondary N) is 2. The summed E-state index contributed by atoms with van der Waals surface area (Å²) in [6.07, 6.45) is 4.76. The van der Waals surface area contributed by atoms with Gasteiger partial charge in [-0.05, 0) is 68.9 Å². The molecule has 7 atom stereocenters. The highest BCUT2D eigenvalue weighted by atomic mass is 31.3. The van der Waals surface area contributed by atoms with E-state index < -0.39 is 90.0 Å². The van der Waals surface area contributed by atoms with Crippen LogP contribution in [0.5, 0.6) is 0 Å². The second-order valence-corrected chi connectivity index (χ2v) is 24.2. The van der Waals surface area contributed by atoms with E-state index in [1.165, 1.54) is 25.0 Å². The van der Waals surface area contributed by atoms with Crippen LogP contribution in [0.25, 0.3) is 11.2 Å². The number of ketones is 1. The molecule has 2 fully saturated rings. The van der Waals surface area contributed by atoms with Crippen LogP contribution in [0.2, 0.25) is 0 Å². The largest absolute Gasteiger partial charge is 0.481 e. The molecule has 2 amide bonds. The van der Waals surface area contributed by atoms with Gasteiger partial charge in [0.05, 0.1) is 19.5 Å². The third-order valence-corrected chi connectivity index (χ3v) is 16.1. The van der Waals surface area contributed by atoms with E-state index in [1.807, 2.05) is 13.8 Å². The fourth-order valence-electron chi connectivity index (χ4n) is 8.30. The molecule has 1 aliphatic carbocycles. The molecule has 5 rings (SSSR count). The number of carbonyl (C=O) groups is 4. The topological polar surface area (TPSA) is 390 Å². The second-order valence-electron chi connectivity index (χ2n) is 20.0. The van der Waals surface area contributed by atoms with Crippen LogP contribution in [-0.2, 0) is 73.1 Å². The number of carbonyl (C=O) groups excluding carboxylic acids is 4. The Balaban J connectivity index is 0.941. The summed E-state index contributed by atoms with van der Waals surface area (Å²) in [5.41, 5.74) is 6.08. The number of nitrogen functional groups attached to an aromatic ring is 1. The molecular formula is C45H70N7O19P3. The fourth-order valence-corrected chi connectivity index (χ4v) is 11.1. The number of nitrogens with two attached hydrogens (primary N) is 1. The first-order chi connectivity index (χ1) is 34.7. The number of nitrogens with zero attached hydrogens (tertiary/aromatic N) is 4. The lowest BCUT2D eigenvalue weighted by Crippen LogP contribution is -2.46. The number of hydrogen-bond donors (Lipinski definition) is 9. The lowest BCUT2D eigenvalue weighted by atomic mass is 9.81. The van der Waals surface area contributed by atoms with E-state index >= 15 is 0 Å². The number of aliphatic hydroxyl groups is 2. The summed E-state index contributed by atoms with van der Waals surface area (Å²) in [4.78, 5) is 100. The maximum atomic E-state index is 13.0. The number of Topliss-reactive ketones (excluding diaryl/α,β-unsaturated/α-hetero) is 1. The minimum Gasteiger partial charge on any atom is -0.461 e. The SMILES string of the molecule is CC(C)(CCCCCc1ccc(CCCCCC2(OC=O)CC2)cc1)C(=O)CCNC(=O)CCNC(=O)C(O)C(C)(C)COP(=O)(O)OP(=O)(O)OCC1OC(n2cnc3c(N)ncnc32)C(O)C1OP(=O)(O)O. The molecule has 2 aromatic heterocycles. The van der Waals surface area contributed by atoms with Gasteiger partial charge in [0.2, 0.25) is 11.8 Å². The smallest absolute Gasteiger partial charge is 0.461 e. The number of fused-ring (bicyclic) bond motifs is 1. The van der Waals surface area contributed by atoms with Crippen molar-refractivity contribution in [2.24, 2.45) is 10.8 Å². The summed E-state index contributed by atoms with van der Waals surface area (Å²) < 4.78 is 67.9. The predicted molar refractivity (Wildman–Crippen MR) is 263 cm³/mol. The number of ether oxygens (including phenoxy) is 2. The third kappa shape index (κ3) is 18.6. The van der Waals surface area contributed by atoms with E-state index in [-0.39, 0.29) is 54.3 Å². The molecule has 0 radical (unpaired) electrons. The number of unbranched alkanes of at least 4 members (excludes halogenated alkanes) is 4. The summed E-state index contributed by atoms with van der Waals surface area (Å²) in [6.45, 7) is 4.69. The first kappa shape index (κ1) is 60.8. The molecule has 10 N–H and O–H groups in total. The van der Waals surface area contributed by atoms with Crippen LogP contribution < -0.4 is 16.4 Å². The van der Waals surface area contributed by atoms with Gasteiger partial charge in [-0.2, -0.15) is 4.31 Å². The molecule has 0 bridgehead atoms. The number of phosphoric acid groups is 3. The summed E-state index contributed by atoms with van der Waals surface area (Å²) in [5.74, 6) is -1.49. The van der Waals surface area contributed by atoms with Gasteiger partial charge in [0, 0.05) is 36.8 Å². The first-order valence-electron chi connectivity index (χ1n) is 24.3. The molecule has 3 heterocycles. The van der Waals surface area contributed by atoms with Crippen LogP contribution in [0.4, 0.5) is 5.82 Å². The van der Waals surface area contributed by atoms with Gasteiger partial charge < -0.3 is 55.6 Å². The van der Waals surface area contributed by atoms with Crippen molar-refractivity contribution >= 4 is 64.5 Å². The molecule has 26 nitrogen and oxygen atoms in total. The molecule has 414 valence electrons. The lowest BCUT2D eigenvalue weighted by Gasteiger charge is -2.30. The number of imidazole rings is 1. The van der Waals surface area contributed by atoms with Gasteiger partial charge in [0.1, 0.15) is 47.6 Å². The van der Waals surface area contributed by atoms with Crippen LogP contribution in [0.1, 0.15) is 122 Å². The van der Waals surface area contributed by atoms with Crippen LogP contribution in [0, 0.1) is 10.8 Å². The maximum absolute atomic E-state index is 13.0. The number of benzene rings is 1. The molecule has 29 heteroatoms. The Morgan fingerprint density at radius 2 is 1.51 bits per heavy atom. The Bertz CT molecular complexity index is 2520. The van der Waals surface area contributed by atoms with Gasteiger partial charge in [-0.15, -0.1) is 0 Å². The monoisotopic (exact) mass is 1110 g/mol. The van der Waals surface area contributed by atoms with Gasteiger partial charge in [-0.25, -0.2) is 28.6 Å². The van der Waals surface area contributed by atoms with E-state index in [0.717, 1.165) is 87.9 Å². The molecule has 2 aliphatic rings. The predicted octanol–water partition coefficient (Wildman–Crippen LogP) is 4.00. The maximum Gasteiger partial charge on any atom is 0.481 e. The summed E-state index contributed by atoms with van der Waals surface area (Å²) >= 11 is 0. The van der Waals surface area contributed by atoms with Gasteiger partial charge in [0.25, 0.3) is 6.47 Å². The number of rotatable bonds is 34. The van der Waals surface area contributed by atoms with Crippen molar-refractivity contribution in [2.75, 3.05) is 32.0 Å². The summed E-state index contributed by atoms with van der Waals surface area (Å²) in [7, 11) is -16.5. The number of aromatic nitrogens is 4. The second kappa shape index (κ2) is 26.3. The van der Waals surface area contributed by atoms with Crippen molar-refractivity contribution in [2.45, 2.75) is 154 Å². The fraction of sp³-hybridized carbons (Fsp3) is 0.667. The van der Waals surface area contributed by atoms with Crippen molar-refractivity contribution < 1.29 is 90.0 Å². The van der Waals surface area contributed by atoms with E-state index in [4.69, 9.17) is 24.3 Å². The van der Waals surface area contributed by atoms with Crippen LogP contribution in [0.3, 0.4) is 0 Å². The van der Waals surface area contributed by atoms with Crippen molar-refractivity contribution in [3.63, 3.8) is 0 Å². The molecule has 0 spiro atoms. The Hall–Kier alpha value is -4.10. The Morgan fingerprint density at radius 1 is 0.892 bits per heavy atom. The molecule has 1 saturated carbocycles. The van der Waals surface area contributed by atoms with E-state index in [9.17, 15) is 62.7 Å². The Labute approximate surface area is 428 Å². The quantitative estimate of drug-likeness (QED) is 0.0232. The summed E-state index contributed by atoms with van der Waals surface area (Å²) in [5, 5.41) is 26.7. The minimum atomic E-state index is -5.60. The summed E-state index contributed by atoms with van der Waals surface area (Å²) in [6, 6.07) is 8.73. The zero-order valence-corrected chi connectivity index (χ0v) is 44.5. The highest BCUT2D eigenvalue weighted by Crippen LogP contribution is 2.61. The van der Waals surface area contributed by atoms with Crippen molar-refractivity contribution in [1.29, 1.82) is 0 Å². The van der Waals surface area contributed by atoms with E-state index in [0.29, 0.717) is 12.9 Å². The lowest BCUT2D eigenvalue weighted by molar-refractivity contribution is -0.137. The van der Waals surface area contributed by atoms with Crippen molar-refractivity contribution in [3.8, 4) is 0 Å². The molecular weight excluding hydrogens is 1040 g/mol. The molecule has 74 heavy (non-hydrogen) atoms. The number of hydrogen-bond acceptors (Lipinski definition) is 19. The number of aliphatic hydroxyl groups excluding tert-OH is 2. The van der Waals surface area contributed by atoms with Gasteiger partial charge >= 0.3 is 23.5 Å². The highest BCUT2D eigenvalue weighted by molar-refractivity contribution is 7.61. The molecule has 3 aromatic rings. The zero-order valence-electron chi connectivity index (χ0n) is 41.9. The minimum absolute atomic E-state index is 0.00373. The zero-order chi connectivity index (χ0) is 54.5. The van der Waals surface area contributed by atoms with Crippen LogP contribution in [-0.4, -0.2) is 130 Å². The highest BCUT2D eigenvalue weighted by Gasteiger charge is 2.50. The first-order valence-corrected chi connectivity index (χ1v) is 28.8. The Morgan fingerprint density at radius 3 is 2.14 bits per heavy atom. The van der Waals surface area contributed by atoms with Crippen molar-refractivity contribution in [1.82, 2.24) is 30.2 Å². The molecule has 7 unspecified atom stereocenters. The molecule has 1 aliphatic heterocycles. The number of amides is 2. The van der Waals surface area contributed by atoms with E-state index in [1.54, 1.807) is 0 Å². The van der Waals surface area contributed by atoms with Gasteiger partial charge in [-0.1, -0.05) is 71.2 Å². The van der Waals surface area contributed by atoms with Gasteiger partial charge in [-0.3, -0.25) is 37.3 Å². The normalized spacial score (nSPS) is 20.8. The number of phosphoric ester groups is 3. The Kier molecular flexibility index (Phi) is 21.6. The third-order valence-electron chi connectivity index (χ3n) is 13.0. The average Bonchev–Trinajstić information content (AvgIpc) is 3.84. The van der Waals surface area contributed by atoms with Crippen molar-refractivity contribution in [3.05, 3.63) is 48.0 Å². The molecule has 1 saturated heterocycles. The average molecular weight is 1110 g/mol. The van der Waals surface area contributed by atoms with E-state index in [2.05, 4.69) is 58.7 Å². The number of anilines is 1. The molecule has 1 aromatic carbocycles.